The molecule has 2 heterocycles. The van der Waals surface area contributed by atoms with Crippen molar-refractivity contribution in [2.75, 3.05) is 13.1 Å². The Kier molecular flexibility index (Phi) is 11.0. The maximum absolute atomic E-state index is 13.6. The molecule has 2 aliphatic heterocycles. The van der Waals surface area contributed by atoms with Crippen LogP contribution in [0.1, 0.15) is 69.9 Å². The van der Waals surface area contributed by atoms with E-state index < -0.39 is 47.8 Å². The van der Waals surface area contributed by atoms with Crippen LogP contribution in [-0.4, -0.2) is 88.2 Å². The van der Waals surface area contributed by atoms with Crippen LogP contribution in [0.5, 0.6) is 0 Å². The number of carboxylic acid groups (broad SMARTS) is 1. The van der Waals surface area contributed by atoms with E-state index in [1.165, 1.54) is 10.5 Å². The Balaban J connectivity index is 1.29. The Morgan fingerprint density at radius 2 is 1.91 bits per heavy atom. The summed E-state index contributed by atoms with van der Waals surface area (Å²) in [5.74, 6) is -1.56. The van der Waals surface area contributed by atoms with Gasteiger partial charge < -0.3 is 40.2 Å². The van der Waals surface area contributed by atoms with Crippen molar-refractivity contribution in [3.63, 3.8) is 0 Å². The molecule has 0 radical (unpaired) electrons. The van der Waals surface area contributed by atoms with Gasteiger partial charge in [0, 0.05) is 25.4 Å². The van der Waals surface area contributed by atoms with Crippen LogP contribution in [0.3, 0.4) is 0 Å². The smallest absolute Gasteiger partial charge is 0.410 e. The van der Waals surface area contributed by atoms with Gasteiger partial charge in [0.05, 0.1) is 18.7 Å². The number of ether oxygens (including phenoxy) is 2. The van der Waals surface area contributed by atoms with E-state index in [9.17, 15) is 24.0 Å². The van der Waals surface area contributed by atoms with Crippen molar-refractivity contribution >= 4 is 30.3 Å². The number of carboxylic acids is 1. The van der Waals surface area contributed by atoms with Crippen molar-refractivity contribution in [2.24, 2.45) is 11.7 Å². The third-order valence-electron chi connectivity index (χ3n) is 8.52. The number of unbranched alkanes of at least 4 members (excludes halogenated alkanes) is 3. The highest BCUT2D eigenvalue weighted by Crippen LogP contribution is 2.42. The fourth-order valence-corrected chi connectivity index (χ4v) is 5.85. The summed E-state index contributed by atoms with van der Waals surface area (Å²) in [4.78, 5) is 65.2. The molecule has 0 unspecified atom stereocenters. The van der Waals surface area contributed by atoms with Crippen LogP contribution >= 0.6 is 0 Å². The quantitative estimate of drug-likeness (QED) is 0.172. The Labute approximate surface area is 257 Å². The molecule has 240 valence electrons. The van der Waals surface area contributed by atoms with Gasteiger partial charge >= 0.3 is 18.2 Å². The second-order valence-corrected chi connectivity index (χ2v) is 12.2. The number of hydrogen-bond acceptors (Lipinski definition) is 8. The van der Waals surface area contributed by atoms with E-state index in [2.05, 4.69) is 11.4 Å². The summed E-state index contributed by atoms with van der Waals surface area (Å²) in [5.41, 5.74) is 6.93. The van der Waals surface area contributed by atoms with Crippen molar-refractivity contribution in [2.45, 2.75) is 102 Å². The molecule has 4 rings (SSSR count). The number of aldehydes is 1. The lowest BCUT2D eigenvalue weighted by molar-refractivity contribution is -0.140. The van der Waals surface area contributed by atoms with Gasteiger partial charge in [0.1, 0.15) is 24.0 Å². The molecule has 12 nitrogen and oxygen atoms in total. The van der Waals surface area contributed by atoms with Crippen LogP contribution in [-0.2, 0) is 36.8 Å². The maximum atomic E-state index is 13.6. The number of nitrogens with one attached hydrogen (secondary N) is 1. The minimum atomic E-state index is -1.15. The summed E-state index contributed by atoms with van der Waals surface area (Å²) in [6.07, 6.45) is 6.88. The van der Waals surface area contributed by atoms with Gasteiger partial charge in [-0.3, -0.25) is 9.59 Å². The van der Waals surface area contributed by atoms with Crippen LogP contribution in [0.15, 0.2) is 36.4 Å². The molecule has 1 aromatic rings. The van der Waals surface area contributed by atoms with E-state index in [1.54, 1.807) is 18.7 Å². The standard InChI is InChI=1S/C32H44N4O8/c1-21(2)43-30(41)34-27(13-7-5-3-4-6-12-24-17-32(24,33)29(39)40)28(38)36-19-26(16-25(36)20-37)44-31(42)35-15-14-22-10-8-9-11-23(22)18-35/h6,8-12,20-21,24-27H,3-5,7,13-19,33H2,1-2H3,(H,34,41)(H,39,40)/b12-6-/t24-,25+,26-,27+,32-/m1/s1. The van der Waals surface area contributed by atoms with Gasteiger partial charge in [-0.15, -0.1) is 0 Å². The van der Waals surface area contributed by atoms with E-state index in [0.717, 1.165) is 31.2 Å². The predicted octanol–water partition coefficient (Wildman–Crippen LogP) is 3.16. The zero-order valence-corrected chi connectivity index (χ0v) is 25.5. The molecule has 12 heteroatoms. The van der Waals surface area contributed by atoms with Gasteiger partial charge in [0.25, 0.3) is 0 Å². The third kappa shape index (κ3) is 8.37. The number of aliphatic carboxylic acids is 1. The van der Waals surface area contributed by atoms with Crippen molar-refractivity contribution in [3.05, 3.63) is 47.5 Å². The number of alkyl carbamates (subject to hydrolysis) is 1. The molecule has 1 aliphatic carbocycles. The molecular weight excluding hydrogens is 568 g/mol. The molecular formula is C32H44N4O8. The predicted molar refractivity (Wildman–Crippen MR) is 160 cm³/mol. The SMILES string of the molecule is CC(C)OC(=O)N[C@@H](CCCCC/C=C\[C@@H]1C[C@]1(N)C(=O)O)C(=O)N1C[C@H](OC(=O)N2CCc3ccccc3C2)C[C@H]1C=O. The molecule has 0 spiro atoms. The van der Waals surface area contributed by atoms with E-state index in [4.69, 9.17) is 20.3 Å². The average Bonchev–Trinajstić information content (AvgIpc) is 3.49. The zero-order valence-electron chi connectivity index (χ0n) is 25.5. The van der Waals surface area contributed by atoms with Crippen LogP contribution in [0, 0.1) is 5.92 Å². The molecule has 44 heavy (non-hydrogen) atoms. The Hall–Kier alpha value is -3.93. The maximum Gasteiger partial charge on any atom is 0.410 e. The summed E-state index contributed by atoms with van der Waals surface area (Å²) >= 11 is 0. The first-order chi connectivity index (χ1) is 21.0. The van der Waals surface area contributed by atoms with Gasteiger partial charge in [-0.05, 0) is 57.1 Å². The highest BCUT2D eigenvalue weighted by molar-refractivity contribution is 5.88. The number of likely N-dealkylation sites (tertiary alicyclic amines) is 1. The lowest BCUT2D eigenvalue weighted by Crippen LogP contribution is -2.51. The highest BCUT2D eigenvalue weighted by atomic mass is 16.6. The number of carbonyl (C=O) groups is 5. The van der Waals surface area contributed by atoms with Gasteiger partial charge in [-0.2, -0.15) is 0 Å². The highest BCUT2D eigenvalue weighted by Gasteiger charge is 2.56. The van der Waals surface area contributed by atoms with Gasteiger partial charge in [0.15, 0.2) is 0 Å². The lowest BCUT2D eigenvalue weighted by atomic mass is 10.0. The van der Waals surface area contributed by atoms with Crippen molar-refractivity contribution < 1.29 is 38.6 Å². The van der Waals surface area contributed by atoms with Crippen LogP contribution in [0.25, 0.3) is 0 Å². The average molecular weight is 613 g/mol. The topological polar surface area (TPSA) is 169 Å². The number of fused-ring (bicyclic) bond motifs is 1. The molecule has 1 saturated carbocycles. The summed E-state index contributed by atoms with van der Waals surface area (Å²) in [6, 6.07) is 6.26. The number of benzene rings is 1. The molecule has 2 fully saturated rings. The molecule has 5 atom stereocenters. The summed E-state index contributed by atoms with van der Waals surface area (Å²) < 4.78 is 11.0. The van der Waals surface area contributed by atoms with E-state index in [-0.39, 0.29) is 25.0 Å². The third-order valence-corrected chi connectivity index (χ3v) is 8.52. The zero-order chi connectivity index (χ0) is 31.9. The summed E-state index contributed by atoms with van der Waals surface area (Å²) in [7, 11) is 0. The van der Waals surface area contributed by atoms with Crippen LogP contribution in [0.2, 0.25) is 0 Å². The van der Waals surface area contributed by atoms with Crippen molar-refractivity contribution in [1.29, 1.82) is 0 Å². The largest absolute Gasteiger partial charge is 0.480 e. The summed E-state index contributed by atoms with van der Waals surface area (Å²) in [5, 5.41) is 11.8. The molecule has 0 aromatic heterocycles. The van der Waals surface area contributed by atoms with E-state index in [1.807, 2.05) is 30.4 Å². The number of carbonyl (C=O) groups excluding carboxylic acids is 4. The number of nitrogens with two attached hydrogens (primary N) is 1. The second-order valence-electron chi connectivity index (χ2n) is 12.2. The Morgan fingerprint density at radius 1 is 1.16 bits per heavy atom. The molecule has 3 amide bonds. The number of amides is 3. The summed E-state index contributed by atoms with van der Waals surface area (Å²) in [6.45, 7) is 4.44. The molecule has 4 N–H and O–H groups in total. The van der Waals surface area contributed by atoms with Crippen LogP contribution in [0.4, 0.5) is 9.59 Å². The second kappa shape index (κ2) is 14.7. The van der Waals surface area contributed by atoms with Crippen molar-refractivity contribution in [1.82, 2.24) is 15.1 Å². The lowest BCUT2D eigenvalue weighted by Gasteiger charge is -2.29. The first kappa shape index (κ1) is 33.0. The van der Waals surface area contributed by atoms with E-state index >= 15 is 0 Å². The van der Waals surface area contributed by atoms with Gasteiger partial charge in [-0.1, -0.05) is 49.3 Å². The Morgan fingerprint density at radius 3 is 2.59 bits per heavy atom. The first-order valence-electron chi connectivity index (χ1n) is 15.5. The van der Waals surface area contributed by atoms with Gasteiger partial charge in [-0.25, -0.2) is 9.59 Å². The minimum Gasteiger partial charge on any atom is -0.480 e. The normalized spacial score (nSPS) is 25.0. The number of nitrogens with zero attached hydrogens (tertiary/aromatic N) is 2. The van der Waals surface area contributed by atoms with E-state index in [0.29, 0.717) is 38.6 Å². The fraction of sp³-hybridized carbons (Fsp3) is 0.594. The molecule has 1 saturated heterocycles. The molecule has 3 aliphatic rings. The van der Waals surface area contributed by atoms with Crippen molar-refractivity contribution in [3.8, 4) is 0 Å². The minimum absolute atomic E-state index is 0.0563. The first-order valence-corrected chi connectivity index (χ1v) is 15.5. The number of rotatable bonds is 13. The van der Waals surface area contributed by atoms with Gasteiger partial charge in [0.2, 0.25) is 5.91 Å². The fourth-order valence-electron chi connectivity index (χ4n) is 5.85. The van der Waals surface area contributed by atoms with Crippen LogP contribution < -0.4 is 11.1 Å². The Bertz CT molecular complexity index is 1250. The number of allylic oxidation sites excluding steroid dienone is 1. The molecule has 1 aromatic carbocycles. The monoisotopic (exact) mass is 612 g/mol. The molecule has 0 bridgehead atoms. The number of hydrogen-bond donors (Lipinski definition) is 3.